The molecule has 0 aliphatic carbocycles. The fourth-order valence-electron chi connectivity index (χ4n) is 3.52. The van der Waals surface area contributed by atoms with Crippen LogP contribution < -0.4 is 15.8 Å². The molecule has 26 heavy (non-hydrogen) atoms. The summed E-state index contributed by atoms with van der Waals surface area (Å²) in [6.07, 6.45) is 0. The monoisotopic (exact) mass is 368 g/mol. The fraction of sp³-hybridized carbons (Fsp3) is 0.316. The van der Waals surface area contributed by atoms with E-state index in [1.165, 1.54) is 0 Å². The Hall–Kier alpha value is -2.51. The molecule has 3 aromatic rings. The topological polar surface area (TPSA) is 90.1 Å². The molecule has 2 atom stereocenters. The van der Waals surface area contributed by atoms with E-state index < -0.39 is 0 Å². The number of hydrogen-bond acceptors (Lipinski definition) is 6. The maximum absolute atomic E-state index is 11.8. The van der Waals surface area contributed by atoms with Crippen LogP contribution in [-0.2, 0) is 11.4 Å². The summed E-state index contributed by atoms with van der Waals surface area (Å²) in [7, 11) is 0. The van der Waals surface area contributed by atoms with Gasteiger partial charge in [0.2, 0.25) is 11.8 Å². The van der Waals surface area contributed by atoms with Crippen LogP contribution in [0.25, 0.3) is 10.2 Å². The van der Waals surface area contributed by atoms with Gasteiger partial charge in [-0.05, 0) is 29.5 Å². The van der Waals surface area contributed by atoms with E-state index >= 15 is 0 Å². The Morgan fingerprint density at radius 2 is 2.15 bits per heavy atom. The van der Waals surface area contributed by atoms with Crippen LogP contribution in [0.3, 0.4) is 0 Å². The highest BCUT2D eigenvalue weighted by atomic mass is 32.1. The normalized spacial score (nSPS) is 19.7. The van der Waals surface area contributed by atoms with Crippen molar-refractivity contribution in [2.75, 3.05) is 13.1 Å². The minimum Gasteiger partial charge on any atom is -0.472 e. The van der Waals surface area contributed by atoms with Crippen molar-refractivity contribution in [2.45, 2.75) is 19.4 Å². The summed E-state index contributed by atoms with van der Waals surface area (Å²) in [6.45, 7) is 3.61. The molecule has 1 aromatic carbocycles. The summed E-state index contributed by atoms with van der Waals surface area (Å²) in [4.78, 5) is 21.6. The molecular weight excluding hydrogens is 348 g/mol. The molecule has 1 amide bonds. The molecule has 6 nitrogen and oxygen atoms in total. The highest BCUT2D eigenvalue weighted by molar-refractivity contribution is 7.16. The highest BCUT2D eigenvalue weighted by Gasteiger charge is 2.33. The van der Waals surface area contributed by atoms with Crippen molar-refractivity contribution < 1.29 is 9.53 Å². The van der Waals surface area contributed by atoms with E-state index in [2.05, 4.69) is 21.4 Å². The zero-order valence-corrected chi connectivity index (χ0v) is 15.3. The predicted octanol–water partition coefficient (Wildman–Crippen LogP) is 2.37. The lowest BCUT2D eigenvalue weighted by atomic mass is 9.86. The lowest BCUT2D eigenvalue weighted by Crippen LogP contribution is -2.29. The lowest BCUT2D eigenvalue weighted by Gasteiger charge is -2.19. The maximum atomic E-state index is 11.8. The number of hydrogen-bond donors (Lipinski definition) is 2. The first-order chi connectivity index (χ1) is 12.6. The molecule has 3 heterocycles. The molecule has 0 bridgehead atoms. The van der Waals surface area contributed by atoms with Crippen molar-refractivity contribution in [2.24, 2.45) is 11.7 Å². The highest BCUT2D eigenvalue weighted by Crippen LogP contribution is 2.32. The first kappa shape index (κ1) is 16.9. The zero-order chi connectivity index (χ0) is 18.1. The minimum absolute atomic E-state index is 0.0700. The van der Waals surface area contributed by atoms with E-state index in [1.807, 2.05) is 36.6 Å². The van der Waals surface area contributed by atoms with Gasteiger partial charge in [-0.25, -0.2) is 4.98 Å². The van der Waals surface area contributed by atoms with Gasteiger partial charge in [0.15, 0.2) is 0 Å². The predicted molar refractivity (Wildman–Crippen MR) is 101 cm³/mol. The number of aryl methyl sites for hydroxylation is 1. The van der Waals surface area contributed by atoms with Crippen molar-refractivity contribution in [1.29, 1.82) is 0 Å². The number of amides is 1. The molecule has 1 fully saturated rings. The standard InChI is InChI=1S/C19H20N4O2S/c1-11-22-18(14-6-7-26-19(14)23-11)25-10-12-4-2-3-5-13(12)15-8-21-9-16(15)17(20)24/h2-7,15-16,21H,8-10H2,1H3,(H2,20,24). The van der Waals surface area contributed by atoms with Crippen LogP contribution in [0.4, 0.5) is 0 Å². The summed E-state index contributed by atoms with van der Waals surface area (Å²) in [5.74, 6) is 0.903. The Morgan fingerprint density at radius 3 is 3.00 bits per heavy atom. The Balaban J connectivity index is 1.61. The number of benzene rings is 1. The number of nitrogens with two attached hydrogens (primary N) is 1. The van der Waals surface area contributed by atoms with Gasteiger partial charge < -0.3 is 15.8 Å². The van der Waals surface area contributed by atoms with Crippen LogP contribution in [-0.4, -0.2) is 29.0 Å². The molecule has 0 radical (unpaired) electrons. The number of aromatic nitrogens is 2. The summed E-state index contributed by atoms with van der Waals surface area (Å²) < 4.78 is 6.06. The van der Waals surface area contributed by atoms with Crippen LogP contribution in [0.2, 0.25) is 0 Å². The average Bonchev–Trinajstić information content (AvgIpc) is 3.29. The molecule has 7 heteroatoms. The quantitative estimate of drug-likeness (QED) is 0.722. The fourth-order valence-corrected chi connectivity index (χ4v) is 4.32. The third-order valence-corrected chi connectivity index (χ3v) is 5.61. The van der Waals surface area contributed by atoms with Crippen LogP contribution in [0.1, 0.15) is 22.9 Å². The molecule has 134 valence electrons. The summed E-state index contributed by atoms with van der Waals surface area (Å²) >= 11 is 1.57. The van der Waals surface area contributed by atoms with Gasteiger partial charge in [-0.15, -0.1) is 11.3 Å². The van der Waals surface area contributed by atoms with E-state index in [0.29, 0.717) is 24.9 Å². The van der Waals surface area contributed by atoms with E-state index in [0.717, 1.165) is 27.9 Å². The second-order valence-corrected chi connectivity index (χ2v) is 7.37. The second kappa shape index (κ2) is 7.01. The van der Waals surface area contributed by atoms with Crippen LogP contribution >= 0.6 is 11.3 Å². The molecule has 2 unspecified atom stereocenters. The number of thiophene rings is 1. The molecule has 0 spiro atoms. The SMILES string of the molecule is Cc1nc(OCc2ccccc2C2CNCC2C(N)=O)c2ccsc2n1. The molecule has 4 rings (SSSR count). The summed E-state index contributed by atoms with van der Waals surface area (Å²) in [5, 5.41) is 6.18. The number of nitrogens with one attached hydrogen (secondary N) is 1. The first-order valence-electron chi connectivity index (χ1n) is 8.56. The van der Waals surface area contributed by atoms with Gasteiger partial charge in [-0.2, -0.15) is 4.98 Å². The molecule has 1 aliphatic heterocycles. The summed E-state index contributed by atoms with van der Waals surface area (Å²) in [6, 6.07) is 10.0. The molecule has 3 N–H and O–H groups in total. The molecule has 1 saturated heterocycles. The smallest absolute Gasteiger partial charge is 0.225 e. The van der Waals surface area contributed by atoms with E-state index in [1.54, 1.807) is 11.3 Å². The number of nitrogens with zero attached hydrogens (tertiary/aromatic N) is 2. The molecule has 0 saturated carbocycles. The van der Waals surface area contributed by atoms with E-state index in [4.69, 9.17) is 10.5 Å². The van der Waals surface area contributed by atoms with E-state index in [-0.39, 0.29) is 17.7 Å². The van der Waals surface area contributed by atoms with Gasteiger partial charge in [0, 0.05) is 19.0 Å². The number of fused-ring (bicyclic) bond motifs is 1. The third-order valence-electron chi connectivity index (χ3n) is 4.80. The van der Waals surface area contributed by atoms with Gasteiger partial charge in [-0.3, -0.25) is 4.79 Å². The van der Waals surface area contributed by atoms with Crippen LogP contribution in [0.5, 0.6) is 5.88 Å². The van der Waals surface area contributed by atoms with Crippen molar-refractivity contribution in [3.05, 3.63) is 52.7 Å². The van der Waals surface area contributed by atoms with Crippen molar-refractivity contribution >= 4 is 27.5 Å². The van der Waals surface area contributed by atoms with Crippen LogP contribution in [0.15, 0.2) is 35.7 Å². The molecular formula is C19H20N4O2S. The first-order valence-corrected chi connectivity index (χ1v) is 9.44. The Bertz CT molecular complexity index is 956. The molecule has 1 aliphatic rings. The van der Waals surface area contributed by atoms with Crippen molar-refractivity contribution in [3.63, 3.8) is 0 Å². The maximum Gasteiger partial charge on any atom is 0.225 e. The van der Waals surface area contributed by atoms with Gasteiger partial charge in [0.05, 0.1) is 11.3 Å². The van der Waals surface area contributed by atoms with Gasteiger partial charge in [-0.1, -0.05) is 24.3 Å². The number of primary amides is 1. The number of carbonyl (C=O) groups is 1. The van der Waals surface area contributed by atoms with Crippen molar-refractivity contribution in [3.8, 4) is 5.88 Å². The van der Waals surface area contributed by atoms with Crippen molar-refractivity contribution in [1.82, 2.24) is 15.3 Å². The third kappa shape index (κ3) is 3.15. The van der Waals surface area contributed by atoms with Gasteiger partial charge >= 0.3 is 0 Å². The van der Waals surface area contributed by atoms with E-state index in [9.17, 15) is 4.79 Å². The van der Waals surface area contributed by atoms with Gasteiger partial charge in [0.25, 0.3) is 0 Å². The Labute approximate surface area is 155 Å². The Morgan fingerprint density at radius 1 is 1.31 bits per heavy atom. The lowest BCUT2D eigenvalue weighted by molar-refractivity contribution is -0.121. The minimum atomic E-state index is -0.262. The number of ether oxygens (including phenoxy) is 1. The van der Waals surface area contributed by atoms with Gasteiger partial charge in [0.1, 0.15) is 17.3 Å². The summed E-state index contributed by atoms with van der Waals surface area (Å²) in [5.41, 5.74) is 7.74. The largest absolute Gasteiger partial charge is 0.472 e. The average molecular weight is 368 g/mol. The molecule has 2 aromatic heterocycles. The second-order valence-electron chi connectivity index (χ2n) is 6.48. The number of carbonyl (C=O) groups excluding carboxylic acids is 1. The zero-order valence-electron chi connectivity index (χ0n) is 14.4. The number of rotatable bonds is 5. The Kier molecular flexibility index (Phi) is 4.57. The van der Waals surface area contributed by atoms with Crippen LogP contribution in [0, 0.1) is 12.8 Å².